The third-order valence-electron chi connectivity index (χ3n) is 3.04. The Kier molecular flexibility index (Phi) is 4.64. The Morgan fingerprint density at radius 1 is 1.24 bits per heavy atom. The lowest BCUT2D eigenvalue weighted by Crippen LogP contribution is -2.17. The fourth-order valence-electron chi connectivity index (χ4n) is 2.07. The number of pyridine rings is 1. The number of carboxylic acid groups (broad SMARTS) is 1. The summed E-state index contributed by atoms with van der Waals surface area (Å²) in [5.74, 6) is -0.921. The maximum atomic E-state index is 10.8. The van der Waals surface area contributed by atoms with Crippen molar-refractivity contribution in [3.8, 4) is 6.07 Å². The van der Waals surface area contributed by atoms with E-state index in [1.54, 1.807) is 24.4 Å². The summed E-state index contributed by atoms with van der Waals surface area (Å²) < 4.78 is 0. The molecule has 0 aliphatic heterocycles. The van der Waals surface area contributed by atoms with E-state index in [0.717, 1.165) is 11.1 Å². The fourth-order valence-corrected chi connectivity index (χ4v) is 2.07. The van der Waals surface area contributed by atoms with Crippen LogP contribution in [0.4, 0.5) is 0 Å². The highest BCUT2D eigenvalue weighted by molar-refractivity contribution is 5.87. The van der Waals surface area contributed by atoms with Gasteiger partial charge in [0, 0.05) is 19.3 Å². The monoisotopic (exact) mass is 281 g/mol. The van der Waals surface area contributed by atoms with Gasteiger partial charge >= 0.3 is 5.97 Å². The van der Waals surface area contributed by atoms with Crippen LogP contribution in [0, 0.1) is 11.3 Å². The number of hydrogen-bond acceptors (Lipinski definition) is 4. The van der Waals surface area contributed by atoms with Gasteiger partial charge in [0.1, 0.15) is 11.8 Å². The molecule has 2 aromatic rings. The molecule has 0 amide bonds. The van der Waals surface area contributed by atoms with Gasteiger partial charge in [-0.1, -0.05) is 12.1 Å². The lowest BCUT2D eigenvalue weighted by atomic mass is 10.1. The second-order valence-electron chi connectivity index (χ2n) is 4.84. The first-order valence-corrected chi connectivity index (χ1v) is 6.44. The molecule has 1 aromatic carbocycles. The molecule has 0 bridgehead atoms. The van der Waals surface area contributed by atoms with Crippen molar-refractivity contribution in [3.05, 3.63) is 65.0 Å². The maximum absolute atomic E-state index is 10.8. The molecule has 5 heteroatoms. The van der Waals surface area contributed by atoms with E-state index < -0.39 is 5.97 Å². The van der Waals surface area contributed by atoms with Crippen LogP contribution in [0.25, 0.3) is 0 Å². The summed E-state index contributed by atoms with van der Waals surface area (Å²) >= 11 is 0. The summed E-state index contributed by atoms with van der Waals surface area (Å²) in [6.45, 7) is 1.39. The van der Waals surface area contributed by atoms with E-state index in [4.69, 9.17) is 10.4 Å². The zero-order valence-electron chi connectivity index (χ0n) is 11.7. The minimum absolute atomic E-state index is 0.286. The number of carboxylic acids is 1. The second-order valence-corrected chi connectivity index (χ2v) is 4.84. The number of carbonyl (C=O) groups is 1. The maximum Gasteiger partial charge on any atom is 0.335 e. The molecule has 1 N–H and O–H groups in total. The molecule has 2 rings (SSSR count). The molecule has 0 aliphatic rings. The van der Waals surface area contributed by atoms with Gasteiger partial charge in [0.15, 0.2) is 0 Å². The number of nitrogens with zero attached hydrogens (tertiary/aromatic N) is 3. The predicted molar refractivity (Wildman–Crippen MR) is 77.5 cm³/mol. The summed E-state index contributed by atoms with van der Waals surface area (Å²) in [4.78, 5) is 16.8. The first-order valence-electron chi connectivity index (χ1n) is 6.44. The number of rotatable bonds is 5. The molecular weight excluding hydrogens is 266 g/mol. The van der Waals surface area contributed by atoms with E-state index in [0.29, 0.717) is 18.8 Å². The van der Waals surface area contributed by atoms with Crippen LogP contribution >= 0.6 is 0 Å². The van der Waals surface area contributed by atoms with Crippen molar-refractivity contribution in [2.45, 2.75) is 13.1 Å². The molecule has 0 fully saturated rings. The van der Waals surface area contributed by atoms with E-state index in [9.17, 15) is 4.79 Å². The number of aromatic carboxylic acids is 1. The second kappa shape index (κ2) is 6.64. The minimum Gasteiger partial charge on any atom is -0.478 e. The van der Waals surface area contributed by atoms with Crippen LogP contribution in [-0.4, -0.2) is 28.0 Å². The number of nitriles is 1. The quantitative estimate of drug-likeness (QED) is 0.909. The molecular formula is C16H15N3O2. The highest BCUT2D eigenvalue weighted by Gasteiger charge is 2.05. The van der Waals surface area contributed by atoms with Crippen LogP contribution in [0.5, 0.6) is 0 Å². The van der Waals surface area contributed by atoms with Gasteiger partial charge < -0.3 is 5.11 Å². The SMILES string of the molecule is CN(Cc1ccc(C(=O)O)cc1)Cc1ccnc(C#N)c1. The Labute approximate surface area is 123 Å². The van der Waals surface area contributed by atoms with Crippen LogP contribution < -0.4 is 0 Å². The minimum atomic E-state index is -0.921. The number of benzene rings is 1. The number of hydrogen-bond donors (Lipinski definition) is 1. The molecule has 0 spiro atoms. The van der Waals surface area contributed by atoms with Crippen molar-refractivity contribution in [2.24, 2.45) is 0 Å². The molecule has 0 saturated heterocycles. The van der Waals surface area contributed by atoms with Crippen molar-refractivity contribution in [3.63, 3.8) is 0 Å². The van der Waals surface area contributed by atoms with Crippen molar-refractivity contribution in [1.29, 1.82) is 5.26 Å². The Morgan fingerprint density at radius 2 is 1.90 bits per heavy atom. The zero-order valence-corrected chi connectivity index (χ0v) is 11.7. The van der Waals surface area contributed by atoms with Gasteiger partial charge in [0.05, 0.1) is 5.56 Å². The number of aromatic nitrogens is 1. The highest BCUT2D eigenvalue weighted by Crippen LogP contribution is 2.10. The molecule has 0 saturated carbocycles. The largest absolute Gasteiger partial charge is 0.478 e. The van der Waals surface area contributed by atoms with E-state index in [2.05, 4.69) is 9.88 Å². The average molecular weight is 281 g/mol. The third-order valence-corrected chi connectivity index (χ3v) is 3.04. The average Bonchev–Trinajstić information content (AvgIpc) is 2.47. The van der Waals surface area contributed by atoms with E-state index in [1.165, 1.54) is 0 Å². The Balaban J connectivity index is 1.99. The Morgan fingerprint density at radius 3 is 2.52 bits per heavy atom. The fraction of sp³-hybridized carbons (Fsp3) is 0.188. The molecule has 21 heavy (non-hydrogen) atoms. The first-order chi connectivity index (χ1) is 10.1. The van der Waals surface area contributed by atoms with Gasteiger partial charge in [-0.2, -0.15) is 5.26 Å². The summed E-state index contributed by atoms with van der Waals surface area (Å²) in [5.41, 5.74) is 2.75. The molecule has 5 nitrogen and oxygen atoms in total. The van der Waals surface area contributed by atoms with Crippen LogP contribution in [0.15, 0.2) is 42.6 Å². The van der Waals surface area contributed by atoms with Crippen molar-refractivity contribution in [1.82, 2.24) is 9.88 Å². The molecule has 0 aliphatic carbocycles. The van der Waals surface area contributed by atoms with Gasteiger partial charge in [-0.05, 0) is 42.4 Å². The third kappa shape index (κ3) is 4.13. The molecule has 1 aromatic heterocycles. The van der Waals surface area contributed by atoms with E-state index >= 15 is 0 Å². The van der Waals surface area contributed by atoms with E-state index in [1.807, 2.05) is 31.3 Å². The smallest absolute Gasteiger partial charge is 0.335 e. The lowest BCUT2D eigenvalue weighted by Gasteiger charge is -2.17. The topological polar surface area (TPSA) is 77.2 Å². The van der Waals surface area contributed by atoms with Crippen LogP contribution in [0.3, 0.4) is 0 Å². The Hall–Kier alpha value is -2.71. The normalized spacial score (nSPS) is 10.3. The van der Waals surface area contributed by atoms with Crippen LogP contribution in [-0.2, 0) is 13.1 Å². The summed E-state index contributed by atoms with van der Waals surface area (Å²) in [7, 11) is 1.97. The predicted octanol–water partition coefficient (Wildman–Crippen LogP) is 2.28. The van der Waals surface area contributed by atoms with Gasteiger partial charge in [0.25, 0.3) is 0 Å². The summed E-state index contributed by atoms with van der Waals surface area (Å²) in [6, 6.07) is 12.5. The molecule has 0 unspecified atom stereocenters. The Bertz CT molecular complexity index is 675. The van der Waals surface area contributed by atoms with Crippen molar-refractivity contribution < 1.29 is 9.90 Å². The summed E-state index contributed by atoms with van der Waals surface area (Å²) in [5, 5.41) is 17.7. The van der Waals surface area contributed by atoms with Gasteiger partial charge in [-0.25, -0.2) is 9.78 Å². The molecule has 0 radical (unpaired) electrons. The van der Waals surface area contributed by atoms with Gasteiger partial charge in [0.2, 0.25) is 0 Å². The van der Waals surface area contributed by atoms with Crippen molar-refractivity contribution >= 4 is 5.97 Å². The molecule has 0 atom stereocenters. The molecule has 1 heterocycles. The molecule has 106 valence electrons. The van der Waals surface area contributed by atoms with Crippen molar-refractivity contribution in [2.75, 3.05) is 7.05 Å². The highest BCUT2D eigenvalue weighted by atomic mass is 16.4. The van der Waals surface area contributed by atoms with Crippen LogP contribution in [0.1, 0.15) is 27.2 Å². The zero-order chi connectivity index (χ0) is 15.2. The van der Waals surface area contributed by atoms with Crippen LogP contribution in [0.2, 0.25) is 0 Å². The first kappa shape index (κ1) is 14.7. The van der Waals surface area contributed by atoms with Gasteiger partial charge in [-0.3, -0.25) is 4.90 Å². The van der Waals surface area contributed by atoms with E-state index in [-0.39, 0.29) is 5.56 Å². The standard InChI is InChI=1S/C16H15N3O2/c1-19(11-13-6-7-18-15(8-13)9-17)10-12-2-4-14(5-3-12)16(20)21/h2-8H,10-11H2,1H3,(H,20,21). The lowest BCUT2D eigenvalue weighted by molar-refractivity contribution is 0.0697. The van der Waals surface area contributed by atoms with Gasteiger partial charge in [-0.15, -0.1) is 0 Å². The summed E-state index contributed by atoms with van der Waals surface area (Å²) in [6.07, 6.45) is 1.63.